The van der Waals surface area contributed by atoms with Crippen LogP contribution in [0.25, 0.3) is 0 Å². The van der Waals surface area contributed by atoms with Gasteiger partial charge in [0, 0.05) is 30.3 Å². The minimum Gasteiger partial charge on any atom is -0.489 e. The zero-order valence-electron chi connectivity index (χ0n) is 12.9. The molecule has 0 saturated heterocycles. The summed E-state index contributed by atoms with van der Waals surface area (Å²) < 4.78 is 7.18. The van der Waals surface area contributed by atoms with Crippen LogP contribution < -0.4 is 15.6 Å². The second kappa shape index (κ2) is 8.39. The van der Waals surface area contributed by atoms with Crippen molar-refractivity contribution in [2.45, 2.75) is 26.0 Å². The van der Waals surface area contributed by atoms with E-state index < -0.39 is 0 Å². The van der Waals surface area contributed by atoms with E-state index in [2.05, 4.69) is 5.32 Å². The van der Waals surface area contributed by atoms with Crippen molar-refractivity contribution in [3.05, 3.63) is 64.0 Å². The molecule has 2 rings (SSSR count). The van der Waals surface area contributed by atoms with Crippen molar-refractivity contribution >= 4 is 17.5 Å². The lowest BCUT2D eigenvalue weighted by Gasteiger charge is -2.15. The van der Waals surface area contributed by atoms with Crippen molar-refractivity contribution in [3.8, 4) is 5.75 Å². The molecule has 1 unspecified atom stereocenters. The molecule has 5 nitrogen and oxygen atoms in total. The van der Waals surface area contributed by atoms with E-state index in [9.17, 15) is 9.59 Å². The van der Waals surface area contributed by atoms with Crippen molar-refractivity contribution in [1.29, 1.82) is 0 Å². The minimum atomic E-state index is -0.167. The van der Waals surface area contributed by atoms with Crippen LogP contribution in [-0.4, -0.2) is 23.1 Å². The number of aromatic nitrogens is 1. The molecule has 1 amide bonds. The number of ether oxygens (including phenoxy) is 1. The van der Waals surface area contributed by atoms with E-state index in [0.717, 1.165) is 0 Å². The van der Waals surface area contributed by atoms with Crippen molar-refractivity contribution < 1.29 is 9.53 Å². The third-order valence-electron chi connectivity index (χ3n) is 3.22. The number of aryl methyl sites for hydroxylation is 1. The summed E-state index contributed by atoms with van der Waals surface area (Å²) in [5, 5.41) is 3.45. The topological polar surface area (TPSA) is 60.3 Å². The van der Waals surface area contributed by atoms with Gasteiger partial charge < -0.3 is 14.6 Å². The Morgan fingerprint density at radius 3 is 2.70 bits per heavy atom. The SMILES string of the molecule is CC(CNC(=O)CCn1ccccc1=O)Oc1ccc(Cl)cc1. The monoisotopic (exact) mass is 334 g/mol. The number of amides is 1. The van der Waals surface area contributed by atoms with E-state index in [1.165, 1.54) is 10.6 Å². The van der Waals surface area contributed by atoms with Crippen LogP contribution >= 0.6 is 11.6 Å². The van der Waals surface area contributed by atoms with Gasteiger partial charge in [0.2, 0.25) is 5.91 Å². The molecule has 122 valence electrons. The second-order valence-electron chi connectivity index (χ2n) is 5.17. The van der Waals surface area contributed by atoms with Crippen molar-refractivity contribution in [3.63, 3.8) is 0 Å². The highest BCUT2D eigenvalue weighted by Crippen LogP contribution is 2.16. The third-order valence-corrected chi connectivity index (χ3v) is 3.47. The number of benzene rings is 1. The van der Waals surface area contributed by atoms with Gasteiger partial charge in [0.25, 0.3) is 5.56 Å². The molecule has 6 heteroatoms. The maximum absolute atomic E-state index is 11.8. The Hall–Kier alpha value is -2.27. The summed E-state index contributed by atoms with van der Waals surface area (Å²) >= 11 is 5.81. The highest BCUT2D eigenvalue weighted by atomic mass is 35.5. The predicted octanol–water partition coefficient (Wildman–Crippen LogP) is 2.48. The Kier molecular flexibility index (Phi) is 6.23. The summed E-state index contributed by atoms with van der Waals surface area (Å²) in [6.45, 7) is 2.62. The van der Waals surface area contributed by atoms with Gasteiger partial charge in [0.1, 0.15) is 11.9 Å². The molecular formula is C17H19ClN2O3. The molecule has 0 spiro atoms. The van der Waals surface area contributed by atoms with Crippen LogP contribution in [0.15, 0.2) is 53.5 Å². The first-order valence-corrected chi connectivity index (χ1v) is 7.77. The molecule has 0 aliphatic carbocycles. The van der Waals surface area contributed by atoms with E-state index in [0.29, 0.717) is 23.9 Å². The molecule has 0 aliphatic heterocycles. The van der Waals surface area contributed by atoms with Crippen molar-refractivity contribution in [2.24, 2.45) is 0 Å². The molecular weight excluding hydrogens is 316 g/mol. The van der Waals surface area contributed by atoms with Gasteiger partial charge >= 0.3 is 0 Å². The van der Waals surface area contributed by atoms with Gasteiger partial charge in [-0.25, -0.2) is 0 Å². The normalized spacial score (nSPS) is 11.7. The van der Waals surface area contributed by atoms with Crippen LogP contribution in [0.1, 0.15) is 13.3 Å². The molecule has 1 aromatic carbocycles. The Labute approximate surface area is 139 Å². The number of rotatable bonds is 7. The number of pyridine rings is 1. The van der Waals surface area contributed by atoms with Crippen LogP contribution in [0.5, 0.6) is 5.75 Å². The van der Waals surface area contributed by atoms with Gasteiger partial charge in [0.05, 0.1) is 6.54 Å². The first-order valence-electron chi connectivity index (χ1n) is 7.39. The van der Waals surface area contributed by atoms with Crippen LogP contribution in [-0.2, 0) is 11.3 Å². The zero-order chi connectivity index (χ0) is 16.7. The van der Waals surface area contributed by atoms with Crippen LogP contribution in [0.2, 0.25) is 5.02 Å². The van der Waals surface area contributed by atoms with Crippen LogP contribution in [0, 0.1) is 0 Å². The molecule has 0 saturated carbocycles. The second-order valence-corrected chi connectivity index (χ2v) is 5.61. The number of carbonyl (C=O) groups is 1. The molecule has 2 aromatic rings. The number of carbonyl (C=O) groups excluding carboxylic acids is 1. The Morgan fingerprint density at radius 1 is 1.26 bits per heavy atom. The lowest BCUT2D eigenvalue weighted by molar-refractivity contribution is -0.121. The maximum atomic E-state index is 11.8. The third kappa shape index (κ3) is 5.79. The molecule has 0 bridgehead atoms. The Bertz CT molecular complexity index is 697. The Morgan fingerprint density at radius 2 is 2.00 bits per heavy atom. The molecule has 23 heavy (non-hydrogen) atoms. The van der Waals surface area contributed by atoms with E-state index in [4.69, 9.17) is 16.3 Å². The molecule has 1 N–H and O–H groups in total. The van der Waals surface area contributed by atoms with Crippen LogP contribution in [0.3, 0.4) is 0 Å². The first kappa shape index (κ1) is 17.1. The largest absolute Gasteiger partial charge is 0.489 e. The smallest absolute Gasteiger partial charge is 0.250 e. The average molecular weight is 335 g/mol. The van der Waals surface area contributed by atoms with Crippen molar-refractivity contribution in [1.82, 2.24) is 9.88 Å². The summed E-state index contributed by atoms with van der Waals surface area (Å²) in [6, 6.07) is 12.0. The zero-order valence-corrected chi connectivity index (χ0v) is 13.6. The van der Waals surface area contributed by atoms with Gasteiger partial charge in [-0.1, -0.05) is 17.7 Å². The fourth-order valence-electron chi connectivity index (χ4n) is 2.00. The summed E-state index contributed by atoms with van der Waals surface area (Å²) in [6.07, 6.45) is 1.75. The van der Waals surface area contributed by atoms with E-state index in [1.54, 1.807) is 42.6 Å². The van der Waals surface area contributed by atoms with Crippen molar-refractivity contribution in [2.75, 3.05) is 6.54 Å². The number of nitrogens with zero attached hydrogens (tertiary/aromatic N) is 1. The summed E-state index contributed by atoms with van der Waals surface area (Å²) in [4.78, 5) is 23.4. The van der Waals surface area contributed by atoms with E-state index >= 15 is 0 Å². The summed E-state index contributed by atoms with van der Waals surface area (Å²) in [7, 11) is 0. The molecule has 0 aliphatic rings. The quantitative estimate of drug-likeness (QED) is 0.846. The van der Waals surface area contributed by atoms with Gasteiger partial charge in [-0.3, -0.25) is 9.59 Å². The number of halogens is 1. The maximum Gasteiger partial charge on any atom is 0.250 e. The fourth-order valence-corrected chi connectivity index (χ4v) is 2.13. The summed E-state index contributed by atoms with van der Waals surface area (Å²) in [5.41, 5.74) is -0.111. The van der Waals surface area contributed by atoms with Gasteiger partial charge in [-0.15, -0.1) is 0 Å². The fraction of sp³-hybridized carbons (Fsp3) is 0.294. The van der Waals surface area contributed by atoms with E-state index in [-0.39, 0.29) is 24.0 Å². The molecule has 1 aromatic heterocycles. The summed E-state index contributed by atoms with van der Waals surface area (Å²) in [5.74, 6) is 0.583. The molecule has 0 fully saturated rings. The average Bonchev–Trinajstić information content (AvgIpc) is 2.54. The standard InChI is InChI=1S/C17H19ClN2O3/c1-13(23-15-7-5-14(18)6-8-15)12-19-16(21)9-11-20-10-3-2-4-17(20)22/h2-8,10,13H,9,11-12H2,1H3,(H,19,21). The molecule has 0 radical (unpaired) electrons. The van der Waals surface area contributed by atoms with E-state index in [1.807, 2.05) is 6.92 Å². The highest BCUT2D eigenvalue weighted by Gasteiger charge is 2.07. The van der Waals surface area contributed by atoms with Gasteiger partial charge in [-0.05, 0) is 37.3 Å². The number of nitrogens with one attached hydrogen (secondary N) is 1. The molecule has 1 heterocycles. The van der Waals surface area contributed by atoms with Gasteiger partial charge in [-0.2, -0.15) is 0 Å². The molecule has 1 atom stereocenters. The first-order chi connectivity index (χ1) is 11.0. The lowest BCUT2D eigenvalue weighted by atomic mass is 10.3. The minimum absolute atomic E-state index is 0.111. The van der Waals surface area contributed by atoms with Crippen LogP contribution in [0.4, 0.5) is 0 Å². The number of hydrogen-bond acceptors (Lipinski definition) is 3. The highest BCUT2D eigenvalue weighted by molar-refractivity contribution is 6.30. The predicted molar refractivity (Wildman–Crippen MR) is 89.9 cm³/mol. The lowest BCUT2D eigenvalue weighted by Crippen LogP contribution is -2.34. The Balaban J connectivity index is 1.72. The van der Waals surface area contributed by atoms with Gasteiger partial charge in [0.15, 0.2) is 0 Å². The number of hydrogen-bond donors (Lipinski definition) is 1.